The van der Waals surface area contributed by atoms with E-state index in [4.69, 9.17) is 0 Å². The summed E-state index contributed by atoms with van der Waals surface area (Å²) in [5, 5.41) is 6.01. The predicted octanol–water partition coefficient (Wildman–Crippen LogP) is 6.81. The lowest BCUT2D eigenvalue weighted by Crippen LogP contribution is -2.24. The number of amides is 2. The second-order valence-corrected chi connectivity index (χ2v) is 10.2. The molecule has 5 heteroatoms. The highest BCUT2D eigenvalue weighted by atomic mass is 32.1. The molecule has 0 bridgehead atoms. The van der Waals surface area contributed by atoms with Crippen molar-refractivity contribution < 1.29 is 9.59 Å². The summed E-state index contributed by atoms with van der Waals surface area (Å²) < 4.78 is 0. The largest absolute Gasteiger partial charge is 0.352 e. The van der Waals surface area contributed by atoms with Crippen LogP contribution in [0.5, 0.6) is 0 Å². The average Bonchev–Trinajstić information content (AvgIpc) is 3.35. The van der Waals surface area contributed by atoms with Crippen molar-refractivity contribution in [2.45, 2.75) is 64.2 Å². The third-order valence-electron chi connectivity index (χ3n) is 6.06. The van der Waals surface area contributed by atoms with Gasteiger partial charge in [0.2, 0.25) is 0 Å². The maximum absolute atomic E-state index is 12.0. The Hall–Kier alpha value is -2.92. The van der Waals surface area contributed by atoms with Gasteiger partial charge in [-0.15, -0.1) is 11.3 Å². The fourth-order valence-electron chi connectivity index (χ4n) is 4.03. The van der Waals surface area contributed by atoms with E-state index in [0.717, 1.165) is 49.9 Å². The van der Waals surface area contributed by atoms with Crippen LogP contribution in [0.3, 0.4) is 0 Å². The Kier molecular flexibility index (Phi) is 12.1. The molecule has 3 aromatic rings. The fraction of sp³-hybridized carbons (Fsp3) is 0.400. The van der Waals surface area contributed by atoms with Gasteiger partial charge in [-0.3, -0.25) is 9.59 Å². The molecule has 0 aliphatic rings. The Balaban J connectivity index is 1.15. The highest BCUT2D eigenvalue weighted by Crippen LogP contribution is 2.21. The maximum Gasteiger partial charge on any atom is 0.251 e. The zero-order valence-corrected chi connectivity index (χ0v) is 21.5. The first kappa shape index (κ1) is 26.7. The minimum Gasteiger partial charge on any atom is -0.352 e. The summed E-state index contributed by atoms with van der Waals surface area (Å²) in [4.78, 5) is 27.0. The smallest absolute Gasteiger partial charge is 0.251 e. The number of carbonyl (C=O) groups is 2. The summed E-state index contributed by atoms with van der Waals surface area (Å²) in [5.74, 6) is 0.0366. The standard InChI is InChI=1S/C30H38N2O2S/c33-29(25-15-7-5-8-16-25)31-23-13-4-2-1-3-11-19-27-21-22-28(35-27)20-12-14-24-32-30(34)26-17-9-6-10-18-26/h5-10,15-18,21-22H,1-4,11-14,19-20,23-24H2,(H,31,33)(H,32,34). The van der Waals surface area contributed by atoms with Gasteiger partial charge < -0.3 is 10.6 Å². The molecule has 0 unspecified atom stereocenters. The van der Waals surface area contributed by atoms with Crippen LogP contribution in [0.1, 0.15) is 81.8 Å². The van der Waals surface area contributed by atoms with Crippen molar-refractivity contribution >= 4 is 23.2 Å². The van der Waals surface area contributed by atoms with Crippen molar-refractivity contribution in [3.63, 3.8) is 0 Å². The Morgan fingerprint density at radius 2 is 0.914 bits per heavy atom. The van der Waals surface area contributed by atoms with Gasteiger partial charge in [0.25, 0.3) is 11.8 Å². The van der Waals surface area contributed by atoms with Crippen LogP contribution in [0.4, 0.5) is 0 Å². The lowest BCUT2D eigenvalue weighted by molar-refractivity contribution is 0.0944. The molecule has 1 aromatic heterocycles. The van der Waals surface area contributed by atoms with Crippen LogP contribution < -0.4 is 10.6 Å². The third kappa shape index (κ3) is 10.5. The zero-order chi connectivity index (χ0) is 24.6. The van der Waals surface area contributed by atoms with Gasteiger partial charge in [0, 0.05) is 34.0 Å². The molecule has 0 spiro atoms. The molecule has 4 nitrogen and oxygen atoms in total. The lowest BCUT2D eigenvalue weighted by Gasteiger charge is -2.05. The van der Waals surface area contributed by atoms with E-state index in [1.807, 2.05) is 72.0 Å². The van der Waals surface area contributed by atoms with Crippen LogP contribution in [-0.4, -0.2) is 24.9 Å². The zero-order valence-electron chi connectivity index (χ0n) is 20.6. The van der Waals surface area contributed by atoms with E-state index < -0.39 is 0 Å². The highest BCUT2D eigenvalue weighted by molar-refractivity contribution is 7.11. The Bertz CT molecular complexity index is 1000. The van der Waals surface area contributed by atoms with E-state index in [9.17, 15) is 9.59 Å². The van der Waals surface area contributed by atoms with Crippen LogP contribution in [0.2, 0.25) is 0 Å². The Morgan fingerprint density at radius 3 is 1.43 bits per heavy atom. The molecule has 0 radical (unpaired) electrons. The van der Waals surface area contributed by atoms with Crippen molar-refractivity contribution in [1.29, 1.82) is 0 Å². The molecule has 186 valence electrons. The van der Waals surface area contributed by atoms with Crippen LogP contribution in [0, 0.1) is 0 Å². The number of aryl methyl sites for hydroxylation is 2. The quantitative estimate of drug-likeness (QED) is 0.217. The number of benzene rings is 2. The minimum atomic E-state index is 0.0128. The number of hydrogen-bond acceptors (Lipinski definition) is 3. The summed E-state index contributed by atoms with van der Waals surface area (Å²) in [5.41, 5.74) is 1.46. The first-order valence-electron chi connectivity index (χ1n) is 13.0. The van der Waals surface area contributed by atoms with Crippen LogP contribution in [0.15, 0.2) is 72.8 Å². The maximum atomic E-state index is 12.0. The van der Waals surface area contributed by atoms with Crippen molar-refractivity contribution in [2.75, 3.05) is 13.1 Å². The molecule has 2 amide bonds. The number of thiophene rings is 1. The van der Waals surface area contributed by atoms with Gasteiger partial charge in [0.1, 0.15) is 0 Å². The van der Waals surface area contributed by atoms with E-state index in [2.05, 4.69) is 22.8 Å². The second kappa shape index (κ2) is 15.9. The molecule has 0 fully saturated rings. The van der Waals surface area contributed by atoms with Gasteiger partial charge in [-0.05, 0) is 74.9 Å². The third-order valence-corrected chi connectivity index (χ3v) is 7.27. The molecule has 0 aliphatic heterocycles. The number of hydrogen-bond donors (Lipinski definition) is 2. The van der Waals surface area contributed by atoms with Gasteiger partial charge in [-0.2, -0.15) is 0 Å². The molecule has 1 heterocycles. The summed E-state index contributed by atoms with van der Waals surface area (Å²) in [6.07, 6.45) is 11.6. The second-order valence-electron chi connectivity index (χ2n) is 8.94. The van der Waals surface area contributed by atoms with Crippen molar-refractivity contribution in [3.05, 3.63) is 93.7 Å². The fourth-order valence-corrected chi connectivity index (χ4v) is 5.14. The molecule has 0 aliphatic carbocycles. The van der Waals surface area contributed by atoms with Crippen molar-refractivity contribution in [3.8, 4) is 0 Å². The molecule has 0 saturated carbocycles. The normalized spacial score (nSPS) is 10.7. The van der Waals surface area contributed by atoms with Crippen LogP contribution in [-0.2, 0) is 12.8 Å². The molecule has 2 N–H and O–H groups in total. The van der Waals surface area contributed by atoms with Gasteiger partial charge >= 0.3 is 0 Å². The van der Waals surface area contributed by atoms with Crippen LogP contribution >= 0.6 is 11.3 Å². The van der Waals surface area contributed by atoms with Crippen LogP contribution in [0.25, 0.3) is 0 Å². The molecule has 0 atom stereocenters. The van der Waals surface area contributed by atoms with Crippen molar-refractivity contribution in [2.24, 2.45) is 0 Å². The van der Waals surface area contributed by atoms with Crippen molar-refractivity contribution in [1.82, 2.24) is 10.6 Å². The van der Waals surface area contributed by atoms with Gasteiger partial charge in [-0.1, -0.05) is 62.1 Å². The number of nitrogens with one attached hydrogen (secondary N) is 2. The molecular formula is C30H38N2O2S. The number of rotatable bonds is 16. The van der Waals surface area contributed by atoms with Gasteiger partial charge in [0.15, 0.2) is 0 Å². The Morgan fingerprint density at radius 1 is 0.514 bits per heavy atom. The number of unbranched alkanes of at least 4 members (excludes halogenated alkanes) is 6. The molecule has 2 aromatic carbocycles. The summed E-state index contributed by atoms with van der Waals surface area (Å²) in [6.45, 7) is 1.48. The van der Waals surface area contributed by atoms with E-state index in [1.165, 1.54) is 48.3 Å². The average molecular weight is 491 g/mol. The predicted molar refractivity (Wildman–Crippen MR) is 146 cm³/mol. The monoisotopic (exact) mass is 490 g/mol. The SMILES string of the molecule is O=C(NCCCCCCCCc1ccc(CCCCNC(=O)c2ccccc2)s1)c1ccccc1. The van der Waals surface area contributed by atoms with E-state index in [-0.39, 0.29) is 11.8 Å². The minimum absolute atomic E-state index is 0.0128. The molecule has 35 heavy (non-hydrogen) atoms. The number of carbonyl (C=O) groups excluding carboxylic acids is 2. The molecular weight excluding hydrogens is 452 g/mol. The summed E-state index contributed by atoms with van der Waals surface area (Å²) in [6, 6.07) is 23.3. The summed E-state index contributed by atoms with van der Waals surface area (Å²) >= 11 is 1.94. The highest BCUT2D eigenvalue weighted by Gasteiger charge is 2.05. The Labute approximate surface area is 214 Å². The van der Waals surface area contributed by atoms with E-state index >= 15 is 0 Å². The van der Waals surface area contributed by atoms with E-state index in [0.29, 0.717) is 0 Å². The molecule has 0 saturated heterocycles. The van der Waals surface area contributed by atoms with Gasteiger partial charge in [-0.25, -0.2) is 0 Å². The topological polar surface area (TPSA) is 58.2 Å². The van der Waals surface area contributed by atoms with E-state index in [1.54, 1.807) is 0 Å². The molecule has 3 rings (SSSR count). The summed E-state index contributed by atoms with van der Waals surface area (Å²) in [7, 11) is 0. The first-order chi connectivity index (χ1) is 17.2. The lowest BCUT2D eigenvalue weighted by atomic mass is 10.1. The van der Waals surface area contributed by atoms with Gasteiger partial charge in [0.05, 0.1) is 0 Å². The first-order valence-corrected chi connectivity index (χ1v) is 13.8.